The second-order valence-electron chi connectivity index (χ2n) is 3.42. The number of ether oxygens (including phenoxy) is 1. The number of aryl methyl sites for hydroxylation is 1. The van der Waals surface area contributed by atoms with Crippen LogP contribution in [0.1, 0.15) is 12.5 Å². The van der Waals surface area contributed by atoms with E-state index in [0.29, 0.717) is 18.0 Å². The molecule has 0 saturated heterocycles. The van der Waals surface area contributed by atoms with Gasteiger partial charge < -0.3 is 15.8 Å². The molecule has 6 N–H and O–H groups in total. The summed E-state index contributed by atoms with van der Waals surface area (Å²) >= 11 is 0. The van der Waals surface area contributed by atoms with Gasteiger partial charge in [-0.1, -0.05) is 12.1 Å². The number of hydrogen-bond donors (Lipinski definition) is 5. The van der Waals surface area contributed by atoms with Crippen molar-refractivity contribution in [3.05, 3.63) is 23.8 Å². The summed E-state index contributed by atoms with van der Waals surface area (Å²) in [6.07, 6.45) is 0. The van der Waals surface area contributed by atoms with Crippen LogP contribution in [-0.4, -0.2) is 18.5 Å². The number of nitrogens with two attached hydrogens (primary N) is 1. The van der Waals surface area contributed by atoms with Crippen LogP contribution < -0.4 is 21.1 Å². The van der Waals surface area contributed by atoms with Gasteiger partial charge in [0.1, 0.15) is 5.75 Å². The first-order chi connectivity index (χ1) is 8.04. The minimum absolute atomic E-state index is 0.0623. The highest BCUT2D eigenvalue weighted by Gasteiger charge is 2.08. The van der Waals surface area contributed by atoms with Crippen LogP contribution in [0.2, 0.25) is 0 Å². The highest BCUT2D eigenvalue weighted by Crippen LogP contribution is 2.27. The molecule has 1 aromatic rings. The van der Waals surface area contributed by atoms with Crippen LogP contribution in [0.15, 0.2) is 18.2 Å². The van der Waals surface area contributed by atoms with E-state index in [0.717, 1.165) is 5.56 Å². The maximum absolute atomic E-state index is 7.58. The average molecular weight is 235 g/mol. The molecule has 0 fully saturated rings. The van der Waals surface area contributed by atoms with Crippen molar-refractivity contribution < 1.29 is 4.74 Å². The number of nitrogens with one attached hydrogen (secondary N) is 4. The molecule has 0 radical (unpaired) electrons. The summed E-state index contributed by atoms with van der Waals surface area (Å²) in [6, 6.07) is 5.61. The molecule has 0 spiro atoms. The predicted octanol–water partition coefficient (Wildman–Crippen LogP) is 1.22. The van der Waals surface area contributed by atoms with Gasteiger partial charge in [0, 0.05) is 0 Å². The lowest BCUT2D eigenvalue weighted by Crippen LogP contribution is -2.39. The van der Waals surface area contributed by atoms with Gasteiger partial charge in [-0.2, -0.15) is 0 Å². The fourth-order valence-electron chi connectivity index (χ4n) is 1.37. The van der Waals surface area contributed by atoms with Crippen LogP contribution in [0.3, 0.4) is 0 Å². The van der Waals surface area contributed by atoms with E-state index in [2.05, 4.69) is 10.6 Å². The van der Waals surface area contributed by atoms with E-state index in [9.17, 15) is 0 Å². The van der Waals surface area contributed by atoms with Gasteiger partial charge in [-0.3, -0.25) is 16.1 Å². The van der Waals surface area contributed by atoms with Crippen LogP contribution in [0.5, 0.6) is 5.75 Å². The SMILES string of the molecule is CCOc1cccc(C)c1NC(=N)NC(=N)N. The molecule has 0 aliphatic carbocycles. The normalized spacial score (nSPS) is 9.53. The van der Waals surface area contributed by atoms with Crippen molar-refractivity contribution in [3.8, 4) is 5.75 Å². The molecule has 0 amide bonds. The van der Waals surface area contributed by atoms with Crippen LogP contribution in [-0.2, 0) is 0 Å². The third-order valence-corrected chi connectivity index (χ3v) is 2.04. The minimum Gasteiger partial charge on any atom is -0.492 e. The summed E-state index contributed by atoms with van der Waals surface area (Å²) in [4.78, 5) is 0. The Hall–Kier alpha value is -2.24. The fraction of sp³-hybridized carbons (Fsp3) is 0.273. The largest absolute Gasteiger partial charge is 0.492 e. The lowest BCUT2D eigenvalue weighted by molar-refractivity contribution is 0.342. The molecular formula is C11H17N5O. The average Bonchev–Trinajstić information content (AvgIpc) is 2.22. The molecule has 6 heteroatoms. The molecule has 1 aromatic carbocycles. The van der Waals surface area contributed by atoms with E-state index in [1.807, 2.05) is 32.0 Å². The molecule has 0 saturated carbocycles. The highest BCUT2D eigenvalue weighted by molar-refractivity contribution is 6.03. The quantitative estimate of drug-likeness (QED) is 0.401. The number of hydrogen-bond acceptors (Lipinski definition) is 3. The molecule has 0 atom stereocenters. The lowest BCUT2D eigenvalue weighted by atomic mass is 10.2. The van der Waals surface area contributed by atoms with Gasteiger partial charge >= 0.3 is 0 Å². The van der Waals surface area contributed by atoms with E-state index in [4.69, 9.17) is 21.3 Å². The van der Waals surface area contributed by atoms with Crippen molar-refractivity contribution in [2.75, 3.05) is 11.9 Å². The van der Waals surface area contributed by atoms with Gasteiger partial charge in [0.2, 0.25) is 0 Å². The van der Waals surface area contributed by atoms with Crippen molar-refractivity contribution in [1.29, 1.82) is 10.8 Å². The molecular weight excluding hydrogens is 218 g/mol. The number of rotatable bonds is 3. The highest BCUT2D eigenvalue weighted by atomic mass is 16.5. The molecule has 0 unspecified atom stereocenters. The van der Waals surface area contributed by atoms with Crippen molar-refractivity contribution in [3.63, 3.8) is 0 Å². The summed E-state index contributed by atoms with van der Waals surface area (Å²) in [6.45, 7) is 4.35. The van der Waals surface area contributed by atoms with Crippen LogP contribution in [0.25, 0.3) is 0 Å². The van der Waals surface area contributed by atoms with Crippen molar-refractivity contribution >= 4 is 17.6 Å². The fourth-order valence-corrected chi connectivity index (χ4v) is 1.37. The molecule has 92 valence electrons. The number of benzene rings is 1. The molecule has 0 aliphatic heterocycles. The number of guanidine groups is 2. The molecule has 17 heavy (non-hydrogen) atoms. The Morgan fingerprint density at radius 2 is 2.12 bits per heavy atom. The summed E-state index contributed by atoms with van der Waals surface area (Å²) < 4.78 is 5.45. The second-order valence-corrected chi connectivity index (χ2v) is 3.42. The van der Waals surface area contributed by atoms with E-state index in [1.165, 1.54) is 0 Å². The molecule has 6 nitrogen and oxygen atoms in total. The Morgan fingerprint density at radius 1 is 1.41 bits per heavy atom. The molecule has 0 aromatic heterocycles. The van der Waals surface area contributed by atoms with E-state index in [1.54, 1.807) is 0 Å². The van der Waals surface area contributed by atoms with E-state index >= 15 is 0 Å². The first kappa shape index (κ1) is 12.8. The van der Waals surface area contributed by atoms with E-state index < -0.39 is 0 Å². The van der Waals surface area contributed by atoms with Gasteiger partial charge in [-0.25, -0.2) is 0 Å². The maximum Gasteiger partial charge on any atom is 0.199 e. The molecule has 0 bridgehead atoms. The van der Waals surface area contributed by atoms with Crippen LogP contribution in [0, 0.1) is 17.7 Å². The second kappa shape index (κ2) is 5.74. The predicted molar refractivity (Wildman–Crippen MR) is 68.7 cm³/mol. The zero-order valence-electron chi connectivity index (χ0n) is 9.92. The summed E-state index contributed by atoms with van der Waals surface area (Å²) in [5.41, 5.74) is 6.79. The molecule has 0 heterocycles. The smallest absolute Gasteiger partial charge is 0.199 e. The molecule has 1 rings (SSSR count). The zero-order chi connectivity index (χ0) is 12.8. The first-order valence-electron chi connectivity index (χ1n) is 5.23. The van der Waals surface area contributed by atoms with Gasteiger partial charge in [0.25, 0.3) is 0 Å². The van der Waals surface area contributed by atoms with Gasteiger partial charge in [-0.15, -0.1) is 0 Å². The van der Waals surface area contributed by atoms with Crippen LogP contribution >= 0.6 is 0 Å². The Balaban J connectivity index is 2.88. The van der Waals surface area contributed by atoms with Crippen molar-refractivity contribution in [2.24, 2.45) is 5.73 Å². The van der Waals surface area contributed by atoms with E-state index in [-0.39, 0.29) is 11.9 Å². The monoisotopic (exact) mass is 235 g/mol. The lowest BCUT2D eigenvalue weighted by Gasteiger charge is -2.15. The Bertz CT molecular complexity index is 430. The Labute approximate surface area is 100 Å². The minimum atomic E-state index is -0.283. The Morgan fingerprint density at radius 3 is 2.71 bits per heavy atom. The van der Waals surface area contributed by atoms with Gasteiger partial charge in [-0.05, 0) is 25.5 Å². The van der Waals surface area contributed by atoms with Gasteiger partial charge in [0.15, 0.2) is 11.9 Å². The first-order valence-corrected chi connectivity index (χ1v) is 5.23. The zero-order valence-corrected chi connectivity index (χ0v) is 9.92. The number of para-hydroxylation sites is 1. The Kier molecular flexibility index (Phi) is 4.33. The molecule has 0 aliphatic rings. The van der Waals surface area contributed by atoms with Crippen molar-refractivity contribution in [2.45, 2.75) is 13.8 Å². The summed E-state index contributed by atoms with van der Waals surface area (Å²) in [5, 5.41) is 19.8. The standard InChI is InChI=1S/C11H17N5O/c1-3-17-8-6-4-5-7(2)9(8)15-11(14)16-10(12)13/h4-6H,3H2,1-2H3,(H6,12,13,14,15,16). The number of anilines is 1. The third-order valence-electron chi connectivity index (χ3n) is 2.04. The van der Waals surface area contributed by atoms with Crippen molar-refractivity contribution in [1.82, 2.24) is 5.32 Å². The third kappa shape index (κ3) is 3.67. The summed E-state index contributed by atoms with van der Waals surface area (Å²) in [7, 11) is 0. The van der Waals surface area contributed by atoms with Crippen LogP contribution in [0.4, 0.5) is 5.69 Å². The maximum atomic E-state index is 7.58. The van der Waals surface area contributed by atoms with Gasteiger partial charge in [0.05, 0.1) is 12.3 Å². The summed E-state index contributed by atoms with van der Waals surface area (Å²) in [5.74, 6) is 0.324. The topological polar surface area (TPSA) is 107 Å².